The lowest BCUT2D eigenvalue weighted by atomic mass is 10.1. The Morgan fingerprint density at radius 1 is 1.06 bits per heavy atom. The van der Waals surface area contributed by atoms with Crippen molar-refractivity contribution in [1.29, 1.82) is 0 Å². The number of nitrogens with one attached hydrogen (secondary N) is 1. The second-order valence-electron chi connectivity index (χ2n) is 7.66. The molecule has 1 aliphatic heterocycles. The summed E-state index contributed by atoms with van der Waals surface area (Å²) in [4.78, 5) is 42.9. The first-order valence-electron chi connectivity index (χ1n) is 10.6. The normalized spacial score (nSPS) is 14.2. The summed E-state index contributed by atoms with van der Waals surface area (Å²) in [7, 11) is 0. The van der Waals surface area contributed by atoms with Crippen LogP contribution in [0.3, 0.4) is 0 Å². The summed E-state index contributed by atoms with van der Waals surface area (Å²) in [5, 5.41) is 3.53. The number of benzene rings is 3. The molecular formula is C26H18Cl2FN3O3S. The number of anilines is 2. The number of carbonyl (C=O) groups is 3. The third-order valence-electron chi connectivity index (χ3n) is 5.06. The molecule has 3 aromatic rings. The highest BCUT2D eigenvalue weighted by Crippen LogP contribution is 2.32. The Kier molecular flexibility index (Phi) is 7.88. The van der Waals surface area contributed by atoms with Crippen molar-refractivity contribution in [2.75, 3.05) is 16.0 Å². The first kappa shape index (κ1) is 25.6. The molecule has 1 aliphatic rings. The van der Waals surface area contributed by atoms with E-state index in [-0.39, 0.29) is 34.0 Å². The van der Waals surface area contributed by atoms with E-state index in [0.717, 1.165) is 16.7 Å². The number of thioether (sulfide) groups is 1. The maximum atomic E-state index is 14.6. The lowest BCUT2D eigenvalue weighted by Gasteiger charge is -2.18. The second kappa shape index (κ2) is 11.1. The molecule has 0 saturated heterocycles. The van der Waals surface area contributed by atoms with Crippen LogP contribution in [0.1, 0.15) is 22.8 Å². The summed E-state index contributed by atoms with van der Waals surface area (Å²) in [6.45, 7) is 1.44. The van der Waals surface area contributed by atoms with Crippen molar-refractivity contribution < 1.29 is 18.8 Å². The van der Waals surface area contributed by atoms with Gasteiger partial charge in [-0.2, -0.15) is 0 Å². The molecule has 4 rings (SSSR count). The SMILES string of the molecule is CC(=O)c1cccc(NC(=O)CSC2=N/C(=C\c3ccc(Cl)c(Cl)c3)C(=O)N2c2ccccc2F)c1. The standard InChI is InChI=1S/C26H18Cl2FN3O3S/c1-15(33)17-5-4-6-18(13-17)30-24(34)14-36-26-31-22(12-16-9-10-19(27)20(28)11-16)25(35)32(26)23-8-3-2-7-21(23)29/h2-13H,14H2,1H3,(H,30,34)/b22-12-. The van der Waals surface area contributed by atoms with Crippen molar-refractivity contribution in [2.45, 2.75) is 6.92 Å². The minimum Gasteiger partial charge on any atom is -0.325 e. The molecule has 0 spiro atoms. The van der Waals surface area contributed by atoms with Crippen molar-refractivity contribution in [3.63, 3.8) is 0 Å². The molecule has 1 heterocycles. The van der Waals surface area contributed by atoms with E-state index in [4.69, 9.17) is 23.2 Å². The summed E-state index contributed by atoms with van der Waals surface area (Å²) in [6, 6.07) is 17.2. The second-order valence-corrected chi connectivity index (χ2v) is 9.42. The van der Waals surface area contributed by atoms with Crippen molar-refractivity contribution in [1.82, 2.24) is 0 Å². The highest BCUT2D eigenvalue weighted by molar-refractivity contribution is 8.14. The third-order valence-corrected chi connectivity index (χ3v) is 6.73. The van der Waals surface area contributed by atoms with Crippen LogP contribution in [0.5, 0.6) is 0 Å². The quantitative estimate of drug-likeness (QED) is 0.287. The molecule has 0 atom stereocenters. The molecule has 0 radical (unpaired) electrons. The molecule has 0 aromatic heterocycles. The highest BCUT2D eigenvalue weighted by atomic mass is 35.5. The zero-order valence-corrected chi connectivity index (χ0v) is 21.1. The number of nitrogens with zero attached hydrogens (tertiary/aromatic N) is 2. The van der Waals surface area contributed by atoms with E-state index in [0.29, 0.717) is 26.9 Å². The van der Waals surface area contributed by atoms with Crippen LogP contribution in [0.2, 0.25) is 10.0 Å². The summed E-state index contributed by atoms with van der Waals surface area (Å²) in [5.41, 5.74) is 1.58. The van der Waals surface area contributed by atoms with Crippen molar-refractivity contribution >= 4 is 75.2 Å². The van der Waals surface area contributed by atoms with Crippen molar-refractivity contribution in [2.24, 2.45) is 4.99 Å². The minimum absolute atomic E-state index is 0.0147. The monoisotopic (exact) mass is 541 g/mol. The third kappa shape index (κ3) is 5.84. The Morgan fingerprint density at radius 2 is 1.83 bits per heavy atom. The van der Waals surface area contributed by atoms with E-state index >= 15 is 0 Å². The van der Waals surface area contributed by atoms with E-state index < -0.39 is 11.7 Å². The molecule has 3 aromatic carbocycles. The molecule has 182 valence electrons. The fraction of sp³-hybridized carbons (Fsp3) is 0.0769. The Bertz CT molecular complexity index is 1440. The lowest BCUT2D eigenvalue weighted by molar-refractivity contribution is -0.114. The van der Waals surface area contributed by atoms with Gasteiger partial charge in [-0.3, -0.25) is 19.3 Å². The minimum atomic E-state index is -0.611. The first-order chi connectivity index (χ1) is 17.2. The molecule has 0 unspecified atom stereocenters. The zero-order chi connectivity index (χ0) is 25.8. The van der Waals surface area contributed by atoms with Crippen molar-refractivity contribution in [3.8, 4) is 0 Å². The van der Waals surface area contributed by atoms with E-state index in [1.54, 1.807) is 48.5 Å². The van der Waals surface area contributed by atoms with Crippen LogP contribution in [0.25, 0.3) is 6.08 Å². The molecule has 0 aliphatic carbocycles. The fourth-order valence-electron chi connectivity index (χ4n) is 3.34. The van der Waals surface area contributed by atoms with Gasteiger partial charge in [-0.1, -0.05) is 65.3 Å². The summed E-state index contributed by atoms with van der Waals surface area (Å²) in [5.74, 6) is -1.78. The predicted octanol–water partition coefficient (Wildman–Crippen LogP) is 6.45. The van der Waals surface area contributed by atoms with Crippen LogP contribution in [0.15, 0.2) is 77.4 Å². The van der Waals surface area contributed by atoms with Crippen LogP contribution in [0, 0.1) is 5.82 Å². The summed E-state index contributed by atoms with van der Waals surface area (Å²) in [6.07, 6.45) is 1.51. The number of Topliss-reactive ketones (excluding diaryl/α,β-unsaturated/α-hetero) is 1. The molecule has 36 heavy (non-hydrogen) atoms. The lowest BCUT2D eigenvalue weighted by Crippen LogP contribution is -2.32. The number of para-hydroxylation sites is 1. The zero-order valence-electron chi connectivity index (χ0n) is 18.8. The largest absolute Gasteiger partial charge is 0.325 e. The van der Waals surface area contributed by atoms with Gasteiger partial charge in [0, 0.05) is 11.3 Å². The average Bonchev–Trinajstić information content (AvgIpc) is 3.15. The maximum Gasteiger partial charge on any atom is 0.283 e. The summed E-state index contributed by atoms with van der Waals surface area (Å²) >= 11 is 13.0. The van der Waals surface area contributed by atoms with Gasteiger partial charge in [0.1, 0.15) is 11.5 Å². The van der Waals surface area contributed by atoms with Gasteiger partial charge in [0.25, 0.3) is 5.91 Å². The fourth-order valence-corrected chi connectivity index (χ4v) is 4.45. The molecule has 0 saturated carbocycles. The number of halogens is 3. The van der Waals surface area contributed by atoms with Gasteiger partial charge in [-0.15, -0.1) is 0 Å². The topological polar surface area (TPSA) is 78.8 Å². The van der Waals surface area contributed by atoms with Gasteiger partial charge >= 0.3 is 0 Å². The predicted molar refractivity (Wildman–Crippen MR) is 143 cm³/mol. The van der Waals surface area contributed by atoms with Gasteiger partial charge in [0.05, 0.1) is 21.5 Å². The number of amides is 2. The smallest absolute Gasteiger partial charge is 0.283 e. The first-order valence-corrected chi connectivity index (χ1v) is 12.3. The highest BCUT2D eigenvalue weighted by Gasteiger charge is 2.34. The number of amidine groups is 1. The molecule has 10 heteroatoms. The molecule has 0 fully saturated rings. The van der Waals surface area contributed by atoms with Crippen LogP contribution < -0.4 is 10.2 Å². The maximum absolute atomic E-state index is 14.6. The molecule has 1 N–H and O–H groups in total. The van der Waals surface area contributed by atoms with Gasteiger partial charge in [-0.25, -0.2) is 9.38 Å². The van der Waals surface area contributed by atoms with E-state index in [1.807, 2.05) is 0 Å². The van der Waals surface area contributed by atoms with Gasteiger partial charge in [-0.05, 0) is 55.0 Å². The molecule has 0 bridgehead atoms. The number of aliphatic imine (C=N–C) groups is 1. The molecule has 2 amide bonds. The van der Waals surface area contributed by atoms with Crippen LogP contribution >= 0.6 is 35.0 Å². The molecular weight excluding hydrogens is 524 g/mol. The van der Waals surface area contributed by atoms with Crippen LogP contribution in [-0.2, 0) is 9.59 Å². The number of rotatable bonds is 6. The van der Waals surface area contributed by atoms with E-state index in [2.05, 4.69) is 10.3 Å². The van der Waals surface area contributed by atoms with Crippen LogP contribution in [0.4, 0.5) is 15.8 Å². The van der Waals surface area contributed by atoms with Crippen molar-refractivity contribution in [3.05, 3.63) is 99.4 Å². The number of ketones is 1. The van der Waals surface area contributed by atoms with E-state index in [9.17, 15) is 18.8 Å². The number of hydrogen-bond donors (Lipinski definition) is 1. The average molecular weight is 542 g/mol. The van der Waals surface area contributed by atoms with Gasteiger partial charge in [0.15, 0.2) is 11.0 Å². The Labute approximate surface area is 220 Å². The Balaban J connectivity index is 1.58. The Morgan fingerprint density at radius 3 is 2.56 bits per heavy atom. The molecule has 6 nitrogen and oxygen atoms in total. The Hall–Kier alpha value is -3.46. The van der Waals surface area contributed by atoms with Gasteiger partial charge in [0.2, 0.25) is 5.91 Å². The summed E-state index contributed by atoms with van der Waals surface area (Å²) < 4.78 is 14.6. The number of hydrogen-bond acceptors (Lipinski definition) is 5. The number of carbonyl (C=O) groups excluding carboxylic acids is 3. The van der Waals surface area contributed by atoms with Gasteiger partial charge < -0.3 is 5.32 Å². The van der Waals surface area contributed by atoms with Crippen LogP contribution in [-0.4, -0.2) is 28.5 Å². The van der Waals surface area contributed by atoms with E-state index in [1.165, 1.54) is 31.2 Å².